The van der Waals surface area contributed by atoms with E-state index in [0.29, 0.717) is 0 Å². The Morgan fingerprint density at radius 2 is 1.25 bits per heavy atom. The van der Waals surface area contributed by atoms with Crippen LogP contribution in [0.15, 0.2) is 91.0 Å². The molecule has 1 aromatic heterocycles. The van der Waals surface area contributed by atoms with Gasteiger partial charge in [-0.1, -0.05) is 68.4 Å². The minimum atomic E-state index is -0.231. The molecule has 0 N–H and O–H groups in total. The number of rotatable bonds is 1. The molecule has 2 aliphatic heterocycles. The van der Waals surface area contributed by atoms with Crippen molar-refractivity contribution in [3.8, 4) is 0 Å². The molecule has 0 radical (unpaired) electrons. The molecule has 0 amide bonds. The van der Waals surface area contributed by atoms with Crippen molar-refractivity contribution in [3.63, 3.8) is 0 Å². The Hall–Kier alpha value is -4.05. The summed E-state index contributed by atoms with van der Waals surface area (Å²) in [5.41, 5.74) is 10.7. The van der Waals surface area contributed by atoms with E-state index in [1.807, 2.05) is 0 Å². The maximum Gasteiger partial charge on any atom is 0.211 e. The van der Waals surface area contributed by atoms with E-state index in [-0.39, 0.29) is 11.0 Å². The van der Waals surface area contributed by atoms with Crippen LogP contribution in [0.4, 0.5) is 28.7 Å². The fourth-order valence-corrected chi connectivity index (χ4v) is 6.42. The Bertz CT molecular complexity index is 1620. The molecule has 0 saturated heterocycles. The topological polar surface area (TPSA) is 24.3 Å². The summed E-state index contributed by atoms with van der Waals surface area (Å²) in [5, 5.41) is 0. The first-order chi connectivity index (χ1) is 17.3. The Kier molecular flexibility index (Phi) is 4.14. The highest BCUT2D eigenvalue weighted by Crippen LogP contribution is 2.53. The third kappa shape index (κ3) is 2.62. The lowest BCUT2D eigenvalue weighted by Gasteiger charge is -2.43. The van der Waals surface area contributed by atoms with Crippen molar-refractivity contribution in [1.82, 2.24) is 9.55 Å². The van der Waals surface area contributed by atoms with E-state index in [1.54, 1.807) is 0 Å². The van der Waals surface area contributed by atoms with Gasteiger partial charge in [-0.05, 0) is 61.4 Å². The molecule has 178 valence electrons. The summed E-state index contributed by atoms with van der Waals surface area (Å²) in [5.74, 6) is 0.978. The summed E-state index contributed by atoms with van der Waals surface area (Å²) in [6, 6.07) is 33.0. The van der Waals surface area contributed by atoms with Crippen LogP contribution in [0.5, 0.6) is 0 Å². The number of imidazole rings is 1. The molecule has 4 nitrogen and oxygen atoms in total. The second-order valence-electron chi connectivity index (χ2n) is 11.1. The highest BCUT2D eigenvalue weighted by Gasteiger charge is 2.39. The van der Waals surface area contributed by atoms with Crippen LogP contribution < -0.4 is 9.80 Å². The third-order valence-electron chi connectivity index (χ3n) is 8.30. The molecule has 4 heteroatoms. The maximum absolute atomic E-state index is 5.04. The monoisotopic (exact) mass is 470 g/mol. The molecule has 0 saturated carbocycles. The minimum Gasteiger partial charge on any atom is -0.315 e. The van der Waals surface area contributed by atoms with Gasteiger partial charge in [-0.15, -0.1) is 0 Å². The molecule has 2 aliphatic rings. The van der Waals surface area contributed by atoms with E-state index >= 15 is 0 Å². The van der Waals surface area contributed by atoms with Crippen LogP contribution in [-0.2, 0) is 11.0 Å². The SMILES string of the molecule is CN1c2cc(N3c4ccccc4C(C)(C)c4ccccc43)ccc2C(C)(C)n2c1nc1ccccc12. The number of anilines is 5. The number of hydrogen-bond donors (Lipinski definition) is 0. The summed E-state index contributed by atoms with van der Waals surface area (Å²) in [7, 11) is 2.14. The lowest BCUT2D eigenvalue weighted by Crippen LogP contribution is -2.37. The average Bonchev–Trinajstić information content (AvgIpc) is 3.29. The summed E-state index contributed by atoms with van der Waals surface area (Å²) in [6.07, 6.45) is 0. The molecule has 36 heavy (non-hydrogen) atoms. The number of benzene rings is 4. The van der Waals surface area contributed by atoms with Crippen LogP contribution in [0, 0.1) is 0 Å². The largest absolute Gasteiger partial charge is 0.315 e. The molecule has 0 atom stereocenters. The van der Waals surface area contributed by atoms with Crippen LogP contribution in [0.3, 0.4) is 0 Å². The first-order valence-electron chi connectivity index (χ1n) is 12.7. The van der Waals surface area contributed by atoms with Crippen LogP contribution in [0.2, 0.25) is 0 Å². The smallest absolute Gasteiger partial charge is 0.211 e. The molecule has 5 aromatic rings. The van der Waals surface area contributed by atoms with Crippen LogP contribution >= 0.6 is 0 Å². The van der Waals surface area contributed by atoms with Crippen molar-refractivity contribution in [3.05, 3.63) is 108 Å². The van der Waals surface area contributed by atoms with Crippen molar-refractivity contribution in [1.29, 1.82) is 0 Å². The van der Waals surface area contributed by atoms with E-state index in [9.17, 15) is 0 Å². The van der Waals surface area contributed by atoms with Gasteiger partial charge in [0.1, 0.15) is 0 Å². The van der Waals surface area contributed by atoms with E-state index < -0.39 is 0 Å². The predicted molar refractivity (Wildman–Crippen MR) is 149 cm³/mol. The van der Waals surface area contributed by atoms with Crippen molar-refractivity contribution in [2.24, 2.45) is 0 Å². The second-order valence-corrected chi connectivity index (χ2v) is 11.1. The van der Waals surface area contributed by atoms with E-state index in [1.165, 1.54) is 39.3 Å². The Balaban J connectivity index is 1.45. The molecule has 3 heterocycles. The average molecular weight is 471 g/mol. The standard InChI is InChI=1S/C32H30N4/c1-31(2)22-12-6-9-15-26(22)35(27-16-10-7-13-23(27)31)21-18-19-24-29(20-21)34(5)30-33-25-14-8-11-17-28(25)36(30)32(24,3)4/h6-20H,1-5H3. The first-order valence-corrected chi connectivity index (χ1v) is 12.7. The molecule has 0 fully saturated rings. The van der Waals surface area contributed by atoms with Crippen molar-refractivity contribution in [2.75, 3.05) is 16.8 Å². The van der Waals surface area contributed by atoms with Crippen molar-refractivity contribution >= 4 is 39.7 Å². The van der Waals surface area contributed by atoms with Gasteiger partial charge in [0.05, 0.1) is 33.6 Å². The lowest BCUT2D eigenvalue weighted by molar-refractivity contribution is 0.440. The van der Waals surface area contributed by atoms with Gasteiger partial charge in [-0.3, -0.25) is 0 Å². The van der Waals surface area contributed by atoms with Gasteiger partial charge in [0.2, 0.25) is 5.95 Å². The number of fused-ring (bicyclic) bond motifs is 6. The van der Waals surface area contributed by atoms with Gasteiger partial charge in [-0.25, -0.2) is 4.98 Å². The zero-order valence-electron chi connectivity index (χ0n) is 21.4. The quantitative estimate of drug-likeness (QED) is 0.248. The molecule has 0 unspecified atom stereocenters. The number of nitrogens with zero attached hydrogens (tertiary/aromatic N) is 4. The number of aromatic nitrogens is 2. The summed E-state index contributed by atoms with van der Waals surface area (Å²) in [4.78, 5) is 9.71. The van der Waals surface area contributed by atoms with Crippen molar-refractivity contribution in [2.45, 2.75) is 38.6 Å². The van der Waals surface area contributed by atoms with E-state index in [2.05, 4.69) is 140 Å². The van der Waals surface area contributed by atoms with Crippen LogP contribution in [0.1, 0.15) is 44.4 Å². The zero-order valence-corrected chi connectivity index (χ0v) is 21.4. The third-order valence-corrected chi connectivity index (χ3v) is 8.30. The van der Waals surface area contributed by atoms with Crippen LogP contribution in [-0.4, -0.2) is 16.6 Å². The zero-order chi connectivity index (χ0) is 24.8. The minimum absolute atomic E-state index is 0.0679. The van der Waals surface area contributed by atoms with Gasteiger partial charge in [0.25, 0.3) is 0 Å². The van der Waals surface area contributed by atoms with E-state index in [4.69, 9.17) is 4.98 Å². The summed E-state index contributed by atoms with van der Waals surface area (Å²) >= 11 is 0. The molecule has 4 aromatic carbocycles. The van der Waals surface area contributed by atoms with Gasteiger partial charge in [0, 0.05) is 23.7 Å². The van der Waals surface area contributed by atoms with Gasteiger partial charge in [-0.2, -0.15) is 0 Å². The molecule has 0 bridgehead atoms. The Morgan fingerprint density at radius 3 is 1.94 bits per heavy atom. The normalized spacial score (nSPS) is 16.8. The molecule has 7 rings (SSSR count). The predicted octanol–water partition coefficient (Wildman–Crippen LogP) is 8.01. The van der Waals surface area contributed by atoms with Gasteiger partial charge >= 0.3 is 0 Å². The van der Waals surface area contributed by atoms with E-state index in [0.717, 1.165) is 17.2 Å². The highest BCUT2D eigenvalue weighted by atomic mass is 15.3. The summed E-state index contributed by atoms with van der Waals surface area (Å²) in [6.45, 7) is 9.25. The molecular weight excluding hydrogens is 440 g/mol. The number of hydrogen-bond acceptors (Lipinski definition) is 3. The molecule has 0 aliphatic carbocycles. The van der Waals surface area contributed by atoms with Gasteiger partial charge < -0.3 is 14.4 Å². The number of para-hydroxylation sites is 4. The fraction of sp³-hybridized carbons (Fsp3) is 0.219. The maximum atomic E-state index is 5.04. The first kappa shape index (κ1) is 21.3. The van der Waals surface area contributed by atoms with Crippen LogP contribution in [0.25, 0.3) is 11.0 Å². The lowest BCUT2D eigenvalue weighted by atomic mass is 9.73. The van der Waals surface area contributed by atoms with Crippen molar-refractivity contribution < 1.29 is 0 Å². The Morgan fingerprint density at radius 1 is 0.639 bits per heavy atom. The molecule has 0 spiro atoms. The summed E-state index contributed by atoms with van der Waals surface area (Å²) < 4.78 is 2.37. The van der Waals surface area contributed by atoms with Gasteiger partial charge in [0.15, 0.2) is 0 Å². The molecular formula is C32H30N4. The highest BCUT2D eigenvalue weighted by molar-refractivity contribution is 5.89. The second kappa shape index (κ2) is 7.01. The Labute approximate surface area is 212 Å². The fourth-order valence-electron chi connectivity index (χ4n) is 6.42.